The van der Waals surface area contributed by atoms with Gasteiger partial charge in [-0.05, 0) is 41.8 Å². The van der Waals surface area contributed by atoms with Gasteiger partial charge in [-0.2, -0.15) is 0 Å². The number of hydrogen-bond acceptors (Lipinski definition) is 5. The van der Waals surface area contributed by atoms with Crippen LogP contribution in [0.3, 0.4) is 0 Å². The van der Waals surface area contributed by atoms with Gasteiger partial charge in [0.25, 0.3) is 5.91 Å². The number of carbonyl (C=O) groups is 2. The summed E-state index contributed by atoms with van der Waals surface area (Å²) in [5.41, 5.74) is 8.20. The summed E-state index contributed by atoms with van der Waals surface area (Å²) in [5.74, 6) is -0.370. The summed E-state index contributed by atoms with van der Waals surface area (Å²) in [5, 5.41) is 12.9. The molecule has 28 heavy (non-hydrogen) atoms. The molecule has 1 atom stereocenters. The lowest BCUT2D eigenvalue weighted by Crippen LogP contribution is -2.42. The van der Waals surface area contributed by atoms with Crippen LogP contribution >= 0.6 is 0 Å². The quantitative estimate of drug-likeness (QED) is 0.622. The normalized spacial score (nSPS) is 14.8. The van der Waals surface area contributed by atoms with Crippen LogP contribution in [0.4, 0.5) is 0 Å². The molecule has 148 valence electrons. The molecule has 0 fully saturated rings. The Kier molecular flexibility index (Phi) is 6.62. The van der Waals surface area contributed by atoms with Gasteiger partial charge in [0, 0.05) is 31.7 Å². The molecular formula is C21H25N3O4. The van der Waals surface area contributed by atoms with Crippen molar-refractivity contribution in [1.29, 1.82) is 0 Å². The third-order valence-corrected chi connectivity index (χ3v) is 4.72. The molecule has 3 rings (SSSR count). The maximum atomic E-state index is 11.9. The maximum Gasteiger partial charge on any atom is 0.258 e. The first-order valence-electron chi connectivity index (χ1n) is 9.28. The molecule has 0 aromatic heterocycles. The monoisotopic (exact) mass is 383 g/mol. The van der Waals surface area contributed by atoms with Gasteiger partial charge in [-0.25, -0.2) is 0 Å². The van der Waals surface area contributed by atoms with Crippen molar-refractivity contribution in [2.45, 2.75) is 19.1 Å². The maximum absolute atomic E-state index is 11.9. The second kappa shape index (κ2) is 9.34. The predicted molar refractivity (Wildman–Crippen MR) is 105 cm³/mol. The van der Waals surface area contributed by atoms with Crippen LogP contribution in [0.15, 0.2) is 48.5 Å². The minimum atomic E-state index is -0.649. The van der Waals surface area contributed by atoms with Crippen molar-refractivity contribution in [2.75, 3.05) is 26.2 Å². The van der Waals surface area contributed by atoms with Crippen LogP contribution in [-0.2, 0) is 17.8 Å². The van der Waals surface area contributed by atoms with Crippen LogP contribution in [0, 0.1) is 0 Å². The van der Waals surface area contributed by atoms with E-state index in [2.05, 4.69) is 22.3 Å². The molecule has 4 N–H and O–H groups in total. The number of rotatable bonds is 8. The lowest BCUT2D eigenvalue weighted by molar-refractivity contribution is -0.123. The smallest absolute Gasteiger partial charge is 0.258 e. The van der Waals surface area contributed by atoms with Gasteiger partial charge in [-0.15, -0.1) is 0 Å². The topological polar surface area (TPSA) is 105 Å². The van der Waals surface area contributed by atoms with Crippen molar-refractivity contribution in [1.82, 2.24) is 10.2 Å². The lowest BCUT2D eigenvalue weighted by atomic mass is 10.00. The fourth-order valence-electron chi connectivity index (χ4n) is 3.22. The van der Waals surface area contributed by atoms with Crippen LogP contribution < -0.4 is 15.8 Å². The van der Waals surface area contributed by atoms with E-state index in [9.17, 15) is 14.7 Å². The number of ether oxygens (including phenoxy) is 1. The standard InChI is InChI=1S/C21H25N3O4/c22-21(27)16-5-7-19(8-6-16)28-14-20(26)23-11-18(25)13-24-10-9-15-3-1-2-4-17(15)12-24/h1-8,18,25H,9-14H2,(H2,22,27)(H,23,26)/t18-/m1/s1. The van der Waals surface area contributed by atoms with Crippen LogP contribution in [0.1, 0.15) is 21.5 Å². The van der Waals surface area contributed by atoms with E-state index in [-0.39, 0.29) is 19.1 Å². The number of primary amides is 1. The molecule has 1 aliphatic rings. The Labute approximate surface area is 164 Å². The molecule has 0 saturated heterocycles. The van der Waals surface area contributed by atoms with E-state index in [0.29, 0.717) is 17.9 Å². The molecule has 2 aromatic rings. The number of nitrogens with two attached hydrogens (primary N) is 1. The summed E-state index contributed by atoms with van der Waals surface area (Å²) in [6, 6.07) is 14.6. The molecule has 7 nitrogen and oxygen atoms in total. The minimum Gasteiger partial charge on any atom is -0.484 e. The van der Waals surface area contributed by atoms with Gasteiger partial charge in [0.05, 0.1) is 6.10 Å². The number of nitrogens with one attached hydrogen (secondary N) is 1. The molecule has 7 heteroatoms. The zero-order valence-electron chi connectivity index (χ0n) is 15.6. The molecule has 2 amide bonds. The number of hydrogen-bond donors (Lipinski definition) is 3. The summed E-state index contributed by atoms with van der Waals surface area (Å²) in [7, 11) is 0. The highest BCUT2D eigenvalue weighted by molar-refractivity contribution is 5.92. The highest BCUT2D eigenvalue weighted by atomic mass is 16.5. The summed E-state index contributed by atoms with van der Waals surface area (Å²) in [4.78, 5) is 25.1. The summed E-state index contributed by atoms with van der Waals surface area (Å²) >= 11 is 0. The number of β-amino-alcohol motifs (C(OH)–C–C–N with tert-alkyl or cyclic N) is 1. The molecule has 0 saturated carbocycles. The zero-order valence-corrected chi connectivity index (χ0v) is 15.6. The van der Waals surface area contributed by atoms with E-state index < -0.39 is 12.0 Å². The van der Waals surface area contributed by atoms with Gasteiger partial charge >= 0.3 is 0 Å². The van der Waals surface area contributed by atoms with Gasteiger partial charge in [0.2, 0.25) is 5.91 Å². The van der Waals surface area contributed by atoms with E-state index in [1.54, 1.807) is 12.1 Å². The second-order valence-corrected chi connectivity index (χ2v) is 6.89. The molecular weight excluding hydrogens is 358 g/mol. The minimum absolute atomic E-state index is 0.167. The van der Waals surface area contributed by atoms with Crippen LogP contribution in [0.2, 0.25) is 0 Å². The van der Waals surface area contributed by atoms with Gasteiger partial charge < -0.3 is 20.9 Å². The third-order valence-electron chi connectivity index (χ3n) is 4.72. The molecule has 1 heterocycles. The van der Waals surface area contributed by atoms with Gasteiger partial charge in [0.1, 0.15) is 5.75 Å². The average molecular weight is 383 g/mol. The fourth-order valence-corrected chi connectivity index (χ4v) is 3.22. The van der Waals surface area contributed by atoms with E-state index in [0.717, 1.165) is 19.5 Å². The average Bonchev–Trinajstić information content (AvgIpc) is 2.71. The molecule has 0 spiro atoms. The number of aliphatic hydroxyl groups excluding tert-OH is 1. The highest BCUT2D eigenvalue weighted by Crippen LogP contribution is 2.18. The summed E-state index contributed by atoms with van der Waals surface area (Å²) in [6.45, 7) is 2.21. The SMILES string of the molecule is NC(=O)c1ccc(OCC(=O)NC[C@@H](O)CN2CCc3ccccc3C2)cc1. The Morgan fingerprint density at radius 2 is 1.86 bits per heavy atom. The van der Waals surface area contributed by atoms with E-state index in [1.807, 2.05) is 12.1 Å². The molecule has 1 aliphatic heterocycles. The first-order chi connectivity index (χ1) is 13.5. The summed E-state index contributed by atoms with van der Waals surface area (Å²) < 4.78 is 5.37. The molecule has 2 aromatic carbocycles. The van der Waals surface area contributed by atoms with Crippen LogP contribution in [0.25, 0.3) is 0 Å². The molecule has 0 bridgehead atoms. The number of benzene rings is 2. The fraction of sp³-hybridized carbons (Fsp3) is 0.333. The third kappa shape index (κ3) is 5.55. The van der Waals surface area contributed by atoms with Crippen molar-refractivity contribution in [3.8, 4) is 5.75 Å². The highest BCUT2D eigenvalue weighted by Gasteiger charge is 2.18. The number of aliphatic hydroxyl groups is 1. The van der Waals surface area contributed by atoms with Crippen molar-refractivity contribution >= 4 is 11.8 Å². The van der Waals surface area contributed by atoms with Gasteiger partial charge in [0.15, 0.2) is 6.61 Å². The molecule has 0 radical (unpaired) electrons. The summed E-state index contributed by atoms with van der Waals surface area (Å²) in [6.07, 6.45) is 0.321. The van der Waals surface area contributed by atoms with Crippen molar-refractivity contribution in [3.05, 3.63) is 65.2 Å². The zero-order chi connectivity index (χ0) is 19.9. The Morgan fingerprint density at radius 3 is 2.57 bits per heavy atom. The Balaban J connectivity index is 1.37. The van der Waals surface area contributed by atoms with Crippen LogP contribution in [-0.4, -0.2) is 54.2 Å². The Morgan fingerprint density at radius 1 is 1.14 bits per heavy atom. The predicted octanol–water partition coefficient (Wildman–Crippen LogP) is 0.700. The number of nitrogens with zero attached hydrogens (tertiary/aromatic N) is 1. The van der Waals surface area contributed by atoms with Gasteiger partial charge in [-0.3, -0.25) is 14.5 Å². The van der Waals surface area contributed by atoms with Crippen molar-refractivity contribution < 1.29 is 19.4 Å². The second-order valence-electron chi connectivity index (χ2n) is 6.89. The Bertz CT molecular complexity index is 823. The van der Waals surface area contributed by atoms with Crippen LogP contribution in [0.5, 0.6) is 5.75 Å². The van der Waals surface area contributed by atoms with E-state index in [1.165, 1.54) is 23.3 Å². The van der Waals surface area contributed by atoms with E-state index in [4.69, 9.17) is 10.5 Å². The Hall–Kier alpha value is -2.90. The van der Waals surface area contributed by atoms with Gasteiger partial charge in [-0.1, -0.05) is 24.3 Å². The number of carbonyl (C=O) groups excluding carboxylic acids is 2. The van der Waals surface area contributed by atoms with Crippen molar-refractivity contribution in [3.63, 3.8) is 0 Å². The molecule has 0 aliphatic carbocycles. The van der Waals surface area contributed by atoms with E-state index >= 15 is 0 Å². The first kappa shape index (κ1) is 19.9. The number of amides is 2. The molecule has 0 unspecified atom stereocenters. The largest absolute Gasteiger partial charge is 0.484 e. The van der Waals surface area contributed by atoms with Crippen molar-refractivity contribution in [2.24, 2.45) is 5.73 Å². The first-order valence-corrected chi connectivity index (χ1v) is 9.28. The number of fused-ring (bicyclic) bond motifs is 1. The lowest BCUT2D eigenvalue weighted by Gasteiger charge is -2.30.